The molecule has 0 unspecified atom stereocenters. The summed E-state index contributed by atoms with van der Waals surface area (Å²) in [6.45, 7) is 9.05. The van der Waals surface area contributed by atoms with Crippen LogP contribution in [0, 0.1) is 13.8 Å². The Labute approximate surface area is 143 Å². The first-order valence-electron chi connectivity index (χ1n) is 8.54. The van der Waals surface area contributed by atoms with E-state index in [0.29, 0.717) is 5.92 Å². The van der Waals surface area contributed by atoms with Crippen molar-refractivity contribution in [2.45, 2.75) is 46.1 Å². The number of aryl methyl sites for hydroxylation is 2. The molecule has 5 nitrogen and oxygen atoms in total. The quantitative estimate of drug-likeness (QED) is 0.941. The van der Waals surface area contributed by atoms with Crippen LogP contribution in [-0.2, 0) is 13.5 Å². The Morgan fingerprint density at radius 2 is 2.08 bits per heavy atom. The third-order valence-electron chi connectivity index (χ3n) is 5.00. The van der Waals surface area contributed by atoms with Gasteiger partial charge in [-0.05, 0) is 44.4 Å². The third kappa shape index (κ3) is 2.90. The van der Waals surface area contributed by atoms with Gasteiger partial charge in [0.05, 0.1) is 5.69 Å². The second kappa shape index (κ2) is 6.30. The van der Waals surface area contributed by atoms with Crippen molar-refractivity contribution in [2.24, 2.45) is 7.05 Å². The van der Waals surface area contributed by atoms with E-state index in [1.54, 1.807) is 0 Å². The fraction of sp³-hybridized carbons (Fsp3) is 0.474. The van der Waals surface area contributed by atoms with Gasteiger partial charge in [-0.3, -0.25) is 9.58 Å². The van der Waals surface area contributed by atoms with Crippen LogP contribution in [0.3, 0.4) is 0 Å². The predicted molar refractivity (Wildman–Crippen MR) is 96.6 cm³/mol. The van der Waals surface area contributed by atoms with E-state index in [4.69, 9.17) is 0 Å². The standard InChI is InChI=1S/C19H26N4O/c1-12-11-23(18-9-7-6-8-16(12)18)19(24)20-13(2)10-17-14(3)21-22(5)15(17)4/h6-9,12-13H,10-11H2,1-5H3,(H,20,24)/t12-,13-/m0/s1. The van der Waals surface area contributed by atoms with Gasteiger partial charge in [-0.2, -0.15) is 5.10 Å². The fourth-order valence-electron chi connectivity index (χ4n) is 3.57. The lowest BCUT2D eigenvalue weighted by Crippen LogP contribution is -2.44. The van der Waals surface area contributed by atoms with E-state index in [1.807, 2.05) is 41.8 Å². The number of para-hydroxylation sites is 1. The highest BCUT2D eigenvalue weighted by molar-refractivity contribution is 5.94. The normalized spacial score (nSPS) is 17.7. The van der Waals surface area contributed by atoms with Crippen LogP contribution in [0.15, 0.2) is 24.3 Å². The number of carbonyl (C=O) groups is 1. The maximum Gasteiger partial charge on any atom is 0.322 e. The molecule has 3 rings (SSSR count). The Kier molecular flexibility index (Phi) is 4.35. The summed E-state index contributed by atoms with van der Waals surface area (Å²) in [5.74, 6) is 0.380. The molecule has 1 N–H and O–H groups in total. The molecule has 1 aliphatic heterocycles. The lowest BCUT2D eigenvalue weighted by molar-refractivity contribution is 0.243. The van der Waals surface area contributed by atoms with Crippen LogP contribution in [0.4, 0.5) is 10.5 Å². The molecule has 0 saturated heterocycles. The number of benzene rings is 1. The Bertz CT molecular complexity index is 765. The molecule has 2 aromatic rings. The minimum absolute atomic E-state index is 0.0153. The molecule has 24 heavy (non-hydrogen) atoms. The second-order valence-electron chi connectivity index (χ2n) is 6.90. The fourth-order valence-corrected chi connectivity index (χ4v) is 3.57. The molecule has 1 aromatic heterocycles. The van der Waals surface area contributed by atoms with Crippen LogP contribution >= 0.6 is 0 Å². The van der Waals surface area contributed by atoms with Crippen molar-refractivity contribution < 1.29 is 4.79 Å². The first-order chi connectivity index (χ1) is 11.4. The summed E-state index contributed by atoms with van der Waals surface area (Å²) in [4.78, 5) is 14.6. The van der Waals surface area contributed by atoms with Crippen molar-refractivity contribution in [3.05, 3.63) is 46.8 Å². The molecular formula is C19H26N4O. The first-order valence-corrected chi connectivity index (χ1v) is 8.54. The predicted octanol–water partition coefficient (Wildman–Crippen LogP) is 3.30. The molecule has 0 radical (unpaired) electrons. The minimum atomic E-state index is -0.0153. The number of carbonyl (C=O) groups excluding carboxylic acids is 1. The summed E-state index contributed by atoms with van der Waals surface area (Å²) in [6.07, 6.45) is 0.794. The van der Waals surface area contributed by atoms with Crippen molar-refractivity contribution in [3.63, 3.8) is 0 Å². The van der Waals surface area contributed by atoms with E-state index in [0.717, 1.165) is 30.0 Å². The van der Waals surface area contributed by atoms with Gasteiger partial charge in [-0.1, -0.05) is 25.1 Å². The molecule has 128 valence electrons. The average Bonchev–Trinajstić information content (AvgIpc) is 3.00. The molecule has 2 heterocycles. The lowest BCUT2D eigenvalue weighted by atomic mass is 10.0. The summed E-state index contributed by atoms with van der Waals surface area (Å²) >= 11 is 0. The number of fused-ring (bicyclic) bond motifs is 1. The molecule has 0 aliphatic carbocycles. The molecule has 2 amide bonds. The van der Waals surface area contributed by atoms with Gasteiger partial charge < -0.3 is 5.32 Å². The highest BCUT2D eigenvalue weighted by Gasteiger charge is 2.30. The lowest BCUT2D eigenvalue weighted by Gasteiger charge is -2.22. The van der Waals surface area contributed by atoms with Gasteiger partial charge in [-0.25, -0.2) is 4.79 Å². The van der Waals surface area contributed by atoms with Gasteiger partial charge in [0.15, 0.2) is 0 Å². The summed E-state index contributed by atoms with van der Waals surface area (Å²) in [5.41, 5.74) is 5.70. The number of anilines is 1. The molecule has 5 heteroatoms. The molecule has 0 spiro atoms. The van der Waals surface area contributed by atoms with Crippen LogP contribution in [0.2, 0.25) is 0 Å². The first kappa shape index (κ1) is 16.6. The zero-order valence-corrected chi connectivity index (χ0v) is 15.1. The molecule has 0 fully saturated rings. The summed E-state index contributed by atoms with van der Waals surface area (Å²) in [7, 11) is 1.96. The minimum Gasteiger partial charge on any atom is -0.335 e. The Hall–Kier alpha value is -2.30. The van der Waals surface area contributed by atoms with Crippen LogP contribution in [0.1, 0.15) is 42.3 Å². The largest absolute Gasteiger partial charge is 0.335 e. The maximum atomic E-state index is 12.7. The van der Waals surface area contributed by atoms with E-state index < -0.39 is 0 Å². The van der Waals surface area contributed by atoms with E-state index in [1.165, 1.54) is 11.1 Å². The number of hydrogen-bond donors (Lipinski definition) is 1. The average molecular weight is 326 g/mol. The summed E-state index contributed by atoms with van der Waals surface area (Å²) in [5, 5.41) is 7.60. The number of nitrogens with zero attached hydrogens (tertiary/aromatic N) is 3. The SMILES string of the molecule is Cc1nn(C)c(C)c1C[C@H](C)NC(=O)N1C[C@H](C)c2ccccc21. The Morgan fingerprint density at radius 1 is 1.38 bits per heavy atom. The second-order valence-corrected chi connectivity index (χ2v) is 6.90. The Morgan fingerprint density at radius 3 is 2.75 bits per heavy atom. The number of urea groups is 1. The van der Waals surface area contributed by atoms with Gasteiger partial charge in [0, 0.05) is 36.9 Å². The smallest absolute Gasteiger partial charge is 0.322 e. The number of aromatic nitrogens is 2. The van der Waals surface area contributed by atoms with E-state index in [-0.39, 0.29) is 12.1 Å². The molecule has 1 aliphatic rings. The topological polar surface area (TPSA) is 50.2 Å². The molecule has 0 bridgehead atoms. The van der Waals surface area contributed by atoms with Crippen LogP contribution in [0.25, 0.3) is 0 Å². The molecule has 0 saturated carbocycles. The van der Waals surface area contributed by atoms with Gasteiger partial charge >= 0.3 is 6.03 Å². The molecule has 2 atom stereocenters. The van der Waals surface area contributed by atoms with E-state index >= 15 is 0 Å². The highest BCUT2D eigenvalue weighted by Crippen LogP contribution is 2.35. The number of nitrogens with one attached hydrogen (secondary N) is 1. The maximum absolute atomic E-state index is 12.7. The monoisotopic (exact) mass is 326 g/mol. The number of amides is 2. The van der Waals surface area contributed by atoms with Crippen molar-refractivity contribution in [2.75, 3.05) is 11.4 Å². The van der Waals surface area contributed by atoms with Gasteiger partial charge in [0.1, 0.15) is 0 Å². The zero-order chi connectivity index (χ0) is 17.4. The number of rotatable bonds is 3. The summed E-state index contributed by atoms with van der Waals surface area (Å²) < 4.78 is 1.90. The van der Waals surface area contributed by atoms with Gasteiger partial charge in [0.2, 0.25) is 0 Å². The van der Waals surface area contributed by atoms with Crippen molar-refractivity contribution in [1.82, 2.24) is 15.1 Å². The number of hydrogen-bond acceptors (Lipinski definition) is 2. The zero-order valence-electron chi connectivity index (χ0n) is 15.1. The molecular weight excluding hydrogens is 300 g/mol. The van der Waals surface area contributed by atoms with E-state index in [2.05, 4.69) is 37.3 Å². The van der Waals surface area contributed by atoms with Gasteiger partial charge in [0.25, 0.3) is 0 Å². The van der Waals surface area contributed by atoms with Crippen LogP contribution < -0.4 is 10.2 Å². The van der Waals surface area contributed by atoms with Crippen LogP contribution in [0.5, 0.6) is 0 Å². The van der Waals surface area contributed by atoms with Crippen molar-refractivity contribution in [1.29, 1.82) is 0 Å². The van der Waals surface area contributed by atoms with Crippen molar-refractivity contribution >= 4 is 11.7 Å². The van der Waals surface area contributed by atoms with Crippen molar-refractivity contribution in [3.8, 4) is 0 Å². The molecule has 1 aromatic carbocycles. The van der Waals surface area contributed by atoms with E-state index in [9.17, 15) is 4.79 Å². The highest BCUT2D eigenvalue weighted by atomic mass is 16.2. The summed E-state index contributed by atoms with van der Waals surface area (Å²) in [6, 6.07) is 8.20. The van der Waals surface area contributed by atoms with Gasteiger partial charge in [-0.15, -0.1) is 0 Å². The Balaban J connectivity index is 1.69. The third-order valence-corrected chi connectivity index (χ3v) is 5.00. The van der Waals surface area contributed by atoms with Crippen LogP contribution in [-0.4, -0.2) is 28.4 Å².